The zero-order valence-electron chi connectivity index (χ0n) is 58.5. The second-order valence-electron chi connectivity index (χ2n) is 26.9. The maximum atomic E-state index is 14.9. The van der Waals surface area contributed by atoms with Crippen molar-refractivity contribution >= 4 is 117 Å². The molecule has 548 valence electrons. The third kappa shape index (κ3) is 23.7. The quantitative estimate of drug-likeness (QED) is 0.0485. The van der Waals surface area contributed by atoms with Gasteiger partial charge in [0.05, 0.1) is 0 Å². The van der Waals surface area contributed by atoms with Crippen LogP contribution in [0.4, 0.5) is 0 Å². The summed E-state index contributed by atoms with van der Waals surface area (Å²) >= 11 is 2.46. The Bertz CT molecular complexity index is 3410. The highest BCUT2D eigenvalue weighted by molar-refractivity contribution is 8.03. The average molecular weight is 1430 g/mol. The smallest absolute Gasteiger partial charge is 0.246 e. The van der Waals surface area contributed by atoms with Gasteiger partial charge in [0.2, 0.25) is 82.7 Å². The largest absolute Gasteiger partial charge is 0.370 e. The Labute approximate surface area is 592 Å². The number of H-pyrrole nitrogens is 1. The number of carbonyl (C=O) groups excluding carboxylic acids is 14. The van der Waals surface area contributed by atoms with Gasteiger partial charge < -0.3 is 79.4 Å². The van der Waals surface area contributed by atoms with Gasteiger partial charge in [-0.3, -0.25) is 67.1 Å². The number of aromatic nitrogens is 1. The van der Waals surface area contributed by atoms with Gasteiger partial charge in [-0.15, -0.1) is 0 Å². The fourth-order valence-corrected chi connectivity index (χ4v) is 14.5. The Hall–Kier alpha value is -8.74. The molecular weight excluding hydrogens is 1330 g/mol. The Balaban J connectivity index is 1.22. The monoisotopic (exact) mass is 1430 g/mol. The third-order valence-electron chi connectivity index (χ3n) is 17.9. The lowest BCUT2D eigenvalue weighted by molar-refractivity contribution is -0.148. The Morgan fingerprint density at radius 3 is 1.78 bits per heavy atom. The van der Waals surface area contributed by atoms with Gasteiger partial charge in [-0.25, -0.2) is 0 Å². The van der Waals surface area contributed by atoms with Gasteiger partial charge in [0, 0.05) is 79.4 Å². The number of nitrogens with one attached hydrogen (secondary N) is 11. The van der Waals surface area contributed by atoms with Crippen LogP contribution in [0.25, 0.3) is 10.9 Å². The number of carbonyl (C=O) groups is 14. The molecule has 3 aliphatic rings. The van der Waals surface area contributed by atoms with Gasteiger partial charge >= 0.3 is 0 Å². The topological polar surface area (TPSA) is 434 Å². The van der Waals surface area contributed by atoms with Crippen molar-refractivity contribution in [1.82, 2.24) is 68.0 Å². The molecule has 3 aliphatic heterocycles. The summed E-state index contributed by atoms with van der Waals surface area (Å²) in [6.07, 6.45) is 2.95. The number of nitrogens with two attached hydrogens (primary N) is 2. The highest BCUT2D eigenvalue weighted by atomic mass is 32.2. The van der Waals surface area contributed by atoms with E-state index in [-0.39, 0.29) is 99.5 Å². The molecule has 3 aromatic rings. The molecule has 3 fully saturated rings. The third-order valence-corrected chi connectivity index (χ3v) is 20.2. The highest BCUT2D eigenvalue weighted by Crippen LogP contribution is 2.27. The van der Waals surface area contributed by atoms with Crippen molar-refractivity contribution in [2.24, 2.45) is 29.2 Å². The molecule has 29 nitrogen and oxygen atoms in total. The Kier molecular flexibility index (Phi) is 31.1. The number of aromatic amines is 1. The van der Waals surface area contributed by atoms with E-state index in [1.54, 1.807) is 57.3 Å². The number of benzene rings is 2. The minimum Gasteiger partial charge on any atom is -0.370 e. The van der Waals surface area contributed by atoms with E-state index in [1.165, 1.54) is 54.1 Å². The van der Waals surface area contributed by atoms with Gasteiger partial charge in [-0.2, -0.15) is 23.5 Å². The van der Waals surface area contributed by atoms with E-state index >= 15 is 0 Å². The van der Waals surface area contributed by atoms with Crippen LogP contribution in [0.3, 0.4) is 0 Å². The average Bonchev–Trinajstić information content (AvgIpc) is 1.64. The van der Waals surface area contributed by atoms with Crippen molar-refractivity contribution in [3.8, 4) is 0 Å². The number of fused-ring (bicyclic) bond motifs is 1. The molecule has 0 radical (unpaired) electrons. The summed E-state index contributed by atoms with van der Waals surface area (Å²) in [7, 11) is 0. The summed E-state index contributed by atoms with van der Waals surface area (Å²) in [5.74, 6) is -10.2. The lowest BCUT2D eigenvalue weighted by atomic mass is 9.97. The van der Waals surface area contributed by atoms with E-state index in [1.807, 2.05) is 45.0 Å². The molecule has 0 spiro atoms. The summed E-state index contributed by atoms with van der Waals surface area (Å²) in [6.45, 7) is 15.3. The van der Waals surface area contributed by atoms with Gasteiger partial charge in [0.25, 0.3) is 0 Å². The van der Waals surface area contributed by atoms with E-state index in [9.17, 15) is 67.1 Å². The zero-order valence-corrected chi connectivity index (χ0v) is 60.2. The van der Waals surface area contributed by atoms with Crippen LogP contribution in [0.1, 0.15) is 131 Å². The summed E-state index contributed by atoms with van der Waals surface area (Å²) < 4.78 is 0. The molecule has 1 aromatic heterocycles. The molecule has 31 heteroatoms. The number of likely N-dealkylation sites (tertiary alicyclic amines) is 2. The van der Waals surface area contributed by atoms with Crippen LogP contribution in [0.2, 0.25) is 0 Å². The van der Waals surface area contributed by atoms with Crippen molar-refractivity contribution in [2.75, 3.05) is 36.1 Å². The number of amides is 14. The molecule has 13 atom stereocenters. The normalized spacial score (nSPS) is 22.3. The second-order valence-corrected chi connectivity index (χ2v) is 29.2. The van der Waals surface area contributed by atoms with Crippen molar-refractivity contribution in [1.29, 1.82) is 0 Å². The number of primary amides is 2. The van der Waals surface area contributed by atoms with Crippen molar-refractivity contribution in [3.05, 3.63) is 71.9 Å². The van der Waals surface area contributed by atoms with E-state index in [2.05, 4.69) is 58.2 Å². The van der Waals surface area contributed by atoms with E-state index in [0.717, 1.165) is 16.5 Å². The van der Waals surface area contributed by atoms with Crippen LogP contribution in [0.5, 0.6) is 0 Å². The minimum atomic E-state index is -1.50. The molecular formula is C69H101N15O14S2. The standard InChI is InChI=1S/C69H101N15O14S2/c1-10-39(6)57(58(71)87)82-64(93)51(33-44-34-72-46-21-15-14-20-45(44)46)79-67(96)54-22-16-26-83(54)69(98)55-23-17-27-84(55)68(97)41(8)74-61(90)50(32-43-18-12-11-13-19-43)78-66(95)53-36-100-29-28-99-35-52(80-59(88)40(7)73-42(9)85)65(94)77-49(31-38(4)5)63(92)76-48(30-37(2)3)62(91)75-47(60(89)81-53)24-25-56(70)86/h11-15,18-21,34,37-41,47-55,57,72H,10,16-17,22-33,35-36H2,1-9H3,(H2,70,86)(H2,71,87)(H,73,85)(H,74,90)(H,75,91)(H,76,92)(H,77,94)(H,78,95)(H,79,96)(H,80,88)(H,81,89)(H,82,93)/t39-,40-,41-,47-,48-,49-,50-,51-,52-,53-,54-,55-,57-/m0/s1. The molecule has 2 aromatic carbocycles. The van der Waals surface area contributed by atoms with Crippen LogP contribution in [0.15, 0.2) is 60.8 Å². The molecule has 14 amide bonds. The molecule has 100 heavy (non-hydrogen) atoms. The summed E-state index contributed by atoms with van der Waals surface area (Å²) in [5.41, 5.74) is 13.4. The molecule has 0 unspecified atom stereocenters. The number of para-hydroxylation sites is 1. The van der Waals surface area contributed by atoms with Crippen molar-refractivity contribution < 1.29 is 67.1 Å². The number of rotatable bonds is 27. The maximum absolute atomic E-state index is 14.9. The predicted molar refractivity (Wildman–Crippen MR) is 379 cm³/mol. The second kappa shape index (κ2) is 38.7. The first-order valence-electron chi connectivity index (χ1n) is 34.4. The number of hydrogen-bond donors (Lipinski definition) is 13. The Morgan fingerprint density at radius 2 is 1.16 bits per heavy atom. The number of thioether (sulfide) groups is 2. The van der Waals surface area contributed by atoms with E-state index in [0.29, 0.717) is 30.6 Å². The summed E-state index contributed by atoms with van der Waals surface area (Å²) in [5, 5.41) is 28.0. The first kappa shape index (κ1) is 80.2. The van der Waals surface area contributed by atoms with Crippen molar-refractivity contribution in [2.45, 2.75) is 205 Å². The lowest BCUT2D eigenvalue weighted by Gasteiger charge is -2.33. The van der Waals surface area contributed by atoms with Crippen molar-refractivity contribution in [3.63, 3.8) is 0 Å². The van der Waals surface area contributed by atoms with Crippen LogP contribution in [-0.4, -0.2) is 206 Å². The summed E-state index contributed by atoms with van der Waals surface area (Å²) in [6, 6.07) is 1.41. The van der Waals surface area contributed by atoms with Crippen LogP contribution >= 0.6 is 23.5 Å². The van der Waals surface area contributed by atoms with Crippen LogP contribution in [0, 0.1) is 17.8 Å². The maximum Gasteiger partial charge on any atom is 0.246 e. The highest BCUT2D eigenvalue weighted by Gasteiger charge is 2.45. The van der Waals surface area contributed by atoms with Crippen LogP contribution < -0.4 is 64.6 Å². The zero-order chi connectivity index (χ0) is 73.5. The van der Waals surface area contributed by atoms with Crippen LogP contribution in [-0.2, 0) is 80.0 Å². The molecule has 6 rings (SSSR count). The molecule has 15 N–H and O–H groups in total. The van der Waals surface area contributed by atoms with Gasteiger partial charge in [0.1, 0.15) is 72.5 Å². The lowest BCUT2D eigenvalue weighted by Crippen LogP contribution is -2.61. The molecule has 0 aliphatic carbocycles. The SMILES string of the molecule is CC[C@H](C)[C@H](NC(=O)[C@H](Cc1c[nH]c2ccccc12)NC(=O)[C@@H]1CCCN1C(=O)[C@@H]1CCCN1C(=O)[C@H](C)NC(=O)[C@H](Cc1ccccc1)NC(=O)[C@@H]1CSCCSC[C@H](NC(=O)[C@H](C)NC(C)=O)C(=O)N[C@@H](CC(C)C)C(=O)N[C@@H](CC(C)C)C(=O)N[C@@H](CCC(N)=O)C(=O)N1)C(N)=O. The minimum absolute atomic E-state index is 0.0102. The first-order chi connectivity index (χ1) is 47.5. The van der Waals surface area contributed by atoms with E-state index in [4.69, 9.17) is 11.5 Å². The summed E-state index contributed by atoms with van der Waals surface area (Å²) in [4.78, 5) is 201. The Morgan fingerprint density at radius 1 is 0.600 bits per heavy atom. The fraction of sp³-hybridized carbons (Fsp3) is 0.594. The fourth-order valence-electron chi connectivity index (χ4n) is 12.3. The number of nitrogens with zero attached hydrogens (tertiary/aromatic N) is 2. The molecule has 0 saturated carbocycles. The van der Waals surface area contributed by atoms with Gasteiger partial charge in [-0.1, -0.05) is 96.5 Å². The van der Waals surface area contributed by atoms with Gasteiger partial charge in [-0.05, 0) is 93.7 Å². The predicted octanol–water partition coefficient (Wildman–Crippen LogP) is 0.212. The van der Waals surface area contributed by atoms with Gasteiger partial charge in [0.15, 0.2) is 0 Å². The first-order valence-corrected chi connectivity index (χ1v) is 36.7. The molecule has 0 bridgehead atoms. The van der Waals surface area contributed by atoms with E-state index < -0.39 is 155 Å². The molecule has 3 saturated heterocycles. The number of hydrogen-bond acceptors (Lipinski definition) is 16. The molecule has 4 heterocycles.